The van der Waals surface area contributed by atoms with Gasteiger partial charge < -0.3 is 14.7 Å². The second-order valence-corrected chi connectivity index (χ2v) is 5.01. The van der Waals surface area contributed by atoms with Crippen LogP contribution in [-0.4, -0.2) is 30.9 Å². The van der Waals surface area contributed by atoms with Crippen molar-refractivity contribution in [1.29, 1.82) is 0 Å². The first-order valence-electron chi connectivity index (χ1n) is 6.50. The van der Waals surface area contributed by atoms with Gasteiger partial charge in [-0.3, -0.25) is 0 Å². The van der Waals surface area contributed by atoms with Crippen molar-refractivity contribution < 1.29 is 9.84 Å². The zero-order valence-corrected chi connectivity index (χ0v) is 11.5. The van der Waals surface area contributed by atoms with Crippen molar-refractivity contribution in [3.05, 3.63) is 28.8 Å². The molecule has 1 heterocycles. The van der Waals surface area contributed by atoms with Gasteiger partial charge in [-0.1, -0.05) is 17.7 Å². The minimum atomic E-state index is -0.0169. The molecule has 1 aromatic rings. The molecule has 3 nitrogen and oxygen atoms in total. The zero-order valence-electron chi connectivity index (χ0n) is 10.7. The molecule has 4 heteroatoms. The monoisotopic (exact) mass is 269 g/mol. The van der Waals surface area contributed by atoms with Crippen molar-refractivity contribution in [2.75, 3.05) is 24.6 Å². The summed E-state index contributed by atoms with van der Waals surface area (Å²) in [5.41, 5.74) is 1.86. The third-order valence-corrected chi connectivity index (χ3v) is 3.75. The number of benzene rings is 1. The zero-order chi connectivity index (χ0) is 13.0. The Morgan fingerprint density at radius 1 is 1.50 bits per heavy atom. The van der Waals surface area contributed by atoms with E-state index in [0.29, 0.717) is 11.1 Å². The van der Waals surface area contributed by atoms with Gasteiger partial charge in [-0.15, -0.1) is 0 Å². The Balaban J connectivity index is 2.08. The Morgan fingerprint density at radius 3 is 2.89 bits per heavy atom. The Kier molecular flexibility index (Phi) is 4.87. The van der Waals surface area contributed by atoms with E-state index in [2.05, 4.69) is 11.8 Å². The molecule has 1 N–H and O–H groups in total. The van der Waals surface area contributed by atoms with Crippen LogP contribution in [0.3, 0.4) is 0 Å². The largest absolute Gasteiger partial charge is 0.392 e. The third-order valence-electron chi connectivity index (χ3n) is 3.40. The third kappa shape index (κ3) is 3.16. The van der Waals surface area contributed by atoms with Gasteiger partial charge in [0.25, 0.3) is 0 Å². The van der Waals surface area contributed by atoms with Gasteiger partial charge >= 0.3 is 0 Å². The molecule has 0 amide bonds. The molecule has 0 radical (unpaired) electrons. The van der Waals surface area contributed by atoms with E-state index >= 15 is 0 Å². The molecule has 0 bridgehead atoms. The molecule has 1 saturated heterocycles. The number of ether oxygens (including phenoxy) is 1. The molecule has 2 rings (SSSR count). The molecule has 0 saturated carbocycles. The first-order chi connectivity index (χ1) is 8.74. The lowest BCUT2D eigenvalue weighted by Gasteiger charge is -2.26. The summed E-state index contributed by atoms with van der Waals surface area (Å²) in [5.74, 6) is 0. The maximum Gasteiger partial charge on any atom is 0.0750 e. The van der Waals surface area contributed by atoms with Gasteiger partial charge in [0.15, 0.2) is 0 Å². The number of halogens is 1. The predicted molar refractivity (Wildman–Crippen MR) is 74.2 cm³/mol. The normalized spacial score (nSPS) is 19.2. The van der Waals surface area contributed by atoms with E-state index in [-0.39, 0.29) is 6.61 Å². The summed E-state index contributed by atoms with van der Waals surface area (Å²) in [6, 6.07) is 5.82. The van der Waals surface area contributed by atoms with E-state index in [1.165, 1.54) is 0 Å². The molecule has 0 spiro atoms. The molecular weight excluding hydrogens is 250 g/mol. The molecule has 1 aliphatic heterocycles. The van der Waals surface area contributed by atoms with E-state index in [1.807, 2.05) is 18.2 Å². The lowest BCUT2D eigenvalue weighted by Crippen LogP contribution is -2.32. The Bertz CT molecular complexity index is 391. The van der Waals surface area contributed by atoms with Gasteiger partial charge in [0, 0.05) is 30.4 Å². The summed E-state index contributed by atoms with van der Waals surface area (Å²) in [5, 5.41) is 9.74. The highest BCUT2D eigenvalue weighted by atomic mass is 35.5. The van der Waals surface area contributed by atoms with Gasteiger partial charge in [0.05, 0.1) is 12.7 Å². The summed E-state index contributed by atoms with van der Waals surface area (Å²) in [6.07, 6.45) is 2.63. The molecule has 0 aliphatic carbocycles. The minimum Gasteiger partial charge on any atom is -0.392 e. The minimum absolute atomic E-state index is 0.0169. The number of aliphatic hydroxyl groups is 1. The summed E-state index contributed by atoms with van der Waals surface area (Å²) in [6.45, 7) is 4.83. The highest BCUT2D eigenvalue weighted by Crippen LogP contribution is 2.25. The number of hydrogen-bond donors (Lipinski definition) is 1. The van der Waals surface area contributed by atoms with Crippen LogP contribution in [0.2, 0.25) is 5.02 Å². The second kappa shape index (κ2) is 6.41. The number of anilines is 1. The summed E-state index contributed by atoms with van der Waals surface area (Å²) in [4.78, 5) is 2.27. The van der Waals surface area contributed by atoms with Gasteiger partial charge in [-0.2, -0.15) is 0 Å². The van der Waals surface area contributed by atoms with E-state index in [0.717, 1.165) is 43.8 Å². The molecule has 100 valence electrons. The average Bonchev–Trinajstić information content (AvgIpc) is 2.88. The smallest absolute Gasteiger partial charge is 0.0750 e. The molecule has 1 atom stereocenters. The van der Waals surface area contributed by atoms with Crippen LogP contribution >= 0.6 is 11.6 Å². The average molecular weight is 270 g/mol. The number of hydrogen-bond acceptors (Lipinski definition) is 3. The summed E-state index contributed by atoms with van der Waals surface area (Å²) >= 11 is 6.13. The fourth-order valence-corrected chi connectivity index (χ4v) is 2.55. The maximum absolute atomic E-state index is 9.12. The number of nitrogens with zero attached hydrogens (tertiary/aromatic N) is 1. The van der Waals surface area contributed by atoms with Crippen molar-refractivity contribution in [2.24, 2.45) is 0 Å². The maximum atomic E-state index is 9.12. The van der Waals surface area contributed by atoms with Crippen LogP contribution in [-0.2, 0) is 11.3 Å². The van der Waals surface area contributed by atoms with Crippen LogP contribution in [0, 0.1) is 0 Å². The van der Waals surface area contributed by atoms with Crippen LogP contribution in [0.5, 0.6) is 0 Å². The molecule has 0 aromatic heterocycles. The Hall–Kier alpha value is -0.770. The van der Waals surface area contributed by atoms with E-state index < -0.39 is 0 Å². The topological polar surface area (TPSA) is 32.7 Å². The lowest BCUT2D eigenvalue weighted by atomic mass is 10.1. The quantitative estimate of drug-likeness (QED) is 0.892. The van der Waals surface area contributed by atoms with Crippen molar-refractivity contribution in [2.45, 2.75) is 32.5 Å². The Morgan fingerprint density at radius 2 is 2.33 bits per heavy atom. The predicted octanol–water partition coefficient (Wildman–Crippen LogP) is 2.84. The summed E-state index contributed by atoms with van der Waals surface area (Å²) < 4.78 is 5.67. The van der Waals surface area contributed by atoms with E-state index in [4.69, 9.17) is 21.4 Å². The molecule has 1 unspecified atom stereocenters. The van der Waals surface area contributed by atoms with Gasteiger partial charge in [0.2, 0.25) is 0 Å². The summed E-state index contributed by atoms with van der Waals surface area (Å²) in [7, 11) is 0. The fourth-order valence-electron chi connectivity index (χ4n) is 2.31. The van der Waals surface area contributed by atoms with Crippen molar-refractivity contribution in [3.8, 4) is 0 Å². The first kappa shape index (κ1) is 13.7. The van der Waals surface area contributed by atoms with Gasteiger partial charge in [-0.05, 0) is 37.5 Å². The van der Waals surface area contributed by atoms with E-state index in [1.54, 1.807) is 0 Å². The van der Waals surface area contributed by atoms with E-state index in [9.17, 15) is 0 Å². The second-order valence-electron chi connectivity index (χ2n) is 4.61. The molecular formula is C14H20ClNO2. The first-order valence-corrected chi connectivity index (χ1v) is 6.88. The van der Waals surface area contributed by atoms with Crippen LogP contribution in [0.1, 0.15) is 25.3 Å². The van der Waals surface area contributed by atoms with Crippen molar-refractivity contribution >= 4 is 17.3 Å². The van der Waals surface area contributed by atoms with Crippen LogP contribution in [0.25, 0.3) is 0 Å². The van der Waals surface area contributed by atoms with Crippen LogP contribution in [0.4, 0.5) is 5.69 Å². The Labute approximate surface area is 113 Å². The van der Waals surface area contributed by atoms with Gasteiger partial charge in [0.1, 0.15) is 0 Å². The highest BCUT2D eigenvalue weighted by Gasteiger charge is 2.19. The fraction of sp³-hybridized carbons (Fsp3) is 0.571. The number of aliphatic hydroxyl groups excluding tert-OH is 1. The highest BCUT2D eigenvalue weighted by molar-refractivity contribution is 6.31. The number of rotatable bonds is 5. The van der Waals surface area contributed by atoms with Crippen molar-refractivity contribution in [3.63, 3.8) is 0 Å². The number of likely N-dealkylation sites (N-methyl/N-ethyl adjacent to an activating group) is 1. The van der Waals surface area contributed by atoms with Crippen LogP contribution in [0.15, 0.2) is 18.2 Å². The lowest BCUT2D eigenvalue weighted by molar-refractivity contribution is 0.115. The SMILES string of the molecule is CCN(CC1CCCO1)c1ccc(CO)c(Cl)c1. The molecule has 1 aliphatic rings. The van der Waals surface area contributed by atoms with Crippen LogP contribution < -0.4 is 4.90 Å². The molecule has 18 heavy (non-hydrogen) atoms. The van der Waals surface area contributed by atoms with Gasteiger partial charge in [-0.25, -0.2) is 0 Å². The van der Waals surface area contributed by atoms with Crippen molar-refractivity contribution in [1.82, 2.24) is 0 Å². The molecule has 1 fully saturated rings. The molecule has 1 aromatic carbocycles. The standard InChI is InChI=1S/C14H20ClNO2/c1-2-16(9-13-4-3-7-18-13)12-6-5-11(10-17)14(15)8-12/h5-6,8,13,17H,2-4,7,9-10H2,1H3.